The third-order valence-corrected chi connectivity index (χ3v) is 3.07. The molecule has 0 radical (unpaired) electrons. The van der Waals surface area contributed by atoms with Gasteiger partial charge in [-0.05, 0) is 25.5 Å². The number of hydrogen-bond acceptors (Lipinski definition) is 5. The number of anilines is 2. The Morgan fingerprint density at radius 1 is 1.33 bits per heavy atom. The molecule has 18 heavy (non-hydrogen) atoms. The lowest BCUT2D eigenvalue weighted by atomic mass is 10.1. The fraction of sp³-hybridized carbons (Fsp3) is 0.417. The second-order valence-corrected chi connectivity index (χ2v) is 4.41. The SMILES string of the molecule is c1cnc(Nc2cnn(C3CCCNC3)c2)nc1. The van der Waals surface area contributed by atoms with E-state index in [0.29, 0.717) is 12.0 Å². The second kappa shape index (κ2) is 5.14. The van der Waals surface area contributed by atoms with Gasteiger partial charge in [0.25, 0.3) is 0 Å². The van der Waals surface area contributed by atoms with E-state index in [2.05, 4.69) is 25.7 Å². The lowest BCUT2D eigenvalue weighted by molar-refractivity contribution is 0.347. The minimum Gasteiger partial charge on any atom is -0.321 e. The number of rotatable bonds is 3. The lowest BCUT2D eigenvalue weighted by Gasteiger charge is -2.22. The van der Waals surface area contributed by atoms with Gasteiger partial charge in [-0.3, -0.25) is 4.68 Å². The zero-order valence-electron chi connectivity index (χ0n) is 10.1. The molecule has 1 aliphatic rings. The van der Waals surface area contributed by atoms with Crippen LogP contribution in [-0.2, 0) is 0 Å². The Balaban J connectivity index is 1.69. The normalized spacial score (nSPS) is 19.7. The number of aromatic nitrogens is 4. The molecule has 2 N–H and O–H groups in total. The first-order chi connectivity index (χ1) is 8.92. The van der Waals surface area contributed by atoms with Crippen LogP contribution in [0.2, 0.25) is 0 Å². The van der Waals surface area contributed by atoms with Crippen molar-refractivity contribution in [1.29, 1.82) is 0 Å². The predicted molar refractivity (Wildman–Crippen MR) is 68.7 cm³/mol. The Morgan fingerprint density at radius 3 is 3.00 bits per heavy atom. The monoisotopic (exact) mass is 244 g/mol. The summed E-state index contributed by atoms with van der Waals surface area (Å²) in [6, 6.07) is 2.24. The second-order valence-electron chi connectivity index (χ2n) is 4.41. The molecule has 1 fully saturated rings. The molecule has 0 aliphatic carbocycles. The van der Waals surface area contributed by atoms with Crippen molar-refractivity contribution in [3.63, 3.8) is 0 Å². The first-order valence-corrected chi connectivity index (χ1v) is 6.21. The highest BCUT2D eigenvalue weighted by molar-refractivity contribution is 5.49. The van der Waals surface area contributed by atoms with Gasteiger partial charge in [-0.25, -0.2) is 9.97 Å². The molecule has 0 aromatic carbocycles. The van der Waals surface area contributed by atoms with E-state index in [0.717, 1.165) is 18.8 Å². The lowest BCUT2D eigenvalue weighted by Crippen LogP contribution is -2.31. The zero-order valence-corrected chi connectivity index (χ0v) is 10.1. The molecule has 94 valence electrons. The van der Waals surface area contributed by atoms with E-state index in [1.807, 2.05) is 17.1 Å². The van der Waals surface area contributed by atoms with Crippen molar-refractivity contribution < 1.29 is 0 Å². The summed E-state index contributed by atoms with van der Waals surface area (Å²) in [4.78, 5) is 8.25. The van der Waals surface area contributed by atoms with Crippen LogP contribution in [0.4, 0.5) is 11.6 Å². The van der Waals surface area contributed by atoms with Gasteiger partial charge >= 0.3 is 0 Å². The van der Waals surface area contributed by atoms with E-state index in [1.165, 1.54) is 12.8 Å². The minimum absolute atomic E-state index is 0.450. The quantitative estimate of drug-likeness (QED) is 0.853. The Hall–Kier alpha value is -1.95. The number of hydrogen-bond donors (Lipinski definition) is 2. The maximum atomic E-state index is 4.39. The summed E-state index contributed by atoms with van der Waals surface area (Å²) in [5.74, 6) is 0.596. The van der Waals surface area contributed by atoms with Crippen molar-refractivity contribution in [1.82, 2.24) is 25.1 Å². The highest BCUT2D eigenvalue weighted by Crippen LogP contribution is 2.18. The molecule has 1 aliphatic heterocycles. The largest absolute Gasteiger partial charge is 0.321 e. The van der Waals surface area contributed by atoms with Crippen molar-refractivity contribution in [2.24, 2.45) is 0 Å². The highest BCUT2D eigenvalue weighted by Gasteiger charge is 2.15. The van der Waals surface area contributed by atoms with Gasteiger partial charge in [0.2, 0.25) is 5.95 Å². The molecule has 0 amide bonds. The van der Waals surface area contributed by atoms with Gasteiger partial charge < -0.3 is 10.6 Å². The Labute approximate surface area is 105 Å². The van der Waals surface area contributed by atoms with Crippen LogP contribution >= 0.6 is 0 Å². The van der Waals surface area contributed by atoms with Crippen LogP contribution in [0.25, 0.3) is 0 Å². The van der Waals surface area contributed by atoms with Crippen LogP contribution in [0.1, 0.15) is 18.9 Å². The molecule has 2 aromatic heterocycles. The van der Waals surface area contributed by atoms with Crippen molar-refractivity contribution in [3.8, 4) is 0 Å². The maximum absolute atomic E-state index is 4.39. The van der Waals surface area contributed by atoms with Crippen LogP contribution < -0.4 is 10.6 Å². The molecule has 0 bridgehead atoms. The van der Waals surface area contributed by atoms with E-state index >= 15 is 0 Å². The van der Waals surface area contributed by atoms with Gasteiger partial charge in [-0.1, -0.05) is 0 Å². The smallest absolute Gasteiger partial charge is 0.227 e. The summed E-state index contributed by atoms with van der Waals surface area (Å²) in [6.07, 6.45) is 9.62. The van der Waals surface area contributed by atoms with Gasteiger partial charge in [0.1, 0.15) is 0 Å². The van der Waals surface area contributed by atoms with Gasteiger partial charge in [-0.2, -0.15) is 5.10 Å². The van der Waals surface area contributed by atoms with Gasteiger partial charge in [0, 0.05) is 25.1 Å². The Morgan fingerprint density at radius 2 is 2.22 bits per heavy atom. The van der Waals surface area contributed by atoms with Crippen LogP contribution in [0, 0.1) is 0 Å². The average Bonchev–Trinajstić information content (AvgIpc) is 2.89. The molecular formula is C12H16N6. The zero-order chi connectivity index (χ0) is 12.2. The van der Waals surface area contributed by atoms with Crippen molar-refractivity contribution in [2.45, 2.75) is 18.9 Å². The molecule has 1 atom stereocenters. The number of nitrogens with one attached hydrogen (secondary N) is 2. The van der Waals surface area contributed by atoms with E-state index in [-0.39, 0.29) is 0 Å². The van der Waals surface area contributed by atoms with Gasteiger partial charge in [-0.15, -0.1) is 0 Å². The van der Waals surface area contributed by atoms with Gasteiger partial charge in [0.05, 0.1) is 17.9 Å². The van der Waals surface area contributed by atoms with Crippen LogP contribution in [0.15, 0.2) is 30.9 Å². The van der Waals surface area contributed by atoms with E-state index < -0.39 is 0 Å². The van der Waals surface area contributed by atoms with E-state index in [4.69, 9.17) is 0 Å². The third-order valence-electron chi connectivity index (χ3n) is 3.07. The van der Waals surface area contributed by atoms with Crippen molar-refractivity contribution >= 4 is 11.6 Å². The average molecular weight is 244 g/mol. The molecule has 0 spiro atoms. The Bertz CT molecular complexity index is 488. The van der Waals surface area contributed by atoms with Crippen LogP contribution in [0.5, 0.6) is 0 Å². The van der Waals surface area contributed by atoms with E-state index in [9.17, 15) is 0 Å². The molecular weight excluding hydrogens is 228 g/mol. The summed E-state index contributed by atoms with van der Waals surface area (Å²) in [5, 5.41) is 10.9. The summed E-state index contributed by atoms with van der Waals surface area (Å²) in [7, 11) is 0. The Kier molecular flexibility index (Phi) is 3.18. The standard InChI is InChI=1S/C12H16N6/c1-3-11(8-13-4-1)18-9-10(7-16-18)17-12-14-5-2-6-15-12/h2,5-7,9,11,13H,1,3-4,8H2,(H,14,15,17). The summed E-state index contributed by atoms with van der Waals surface area (Å²) >= 11 is 0. The topological polar surface area (TPSA) is 67.7 Å². The van der Waals surface area contributed by atoms with Crippen molar-refractivity contribution in [3.05, 3.63) is 30.9 Å². The molecule has 3 heterocycles. The fourth-order valence-electron chi connectivity index (χ4n) is 2.15. The van der Waals surface area contributed by atoms with Crippen molar-refractivity contribution in [2.75, 3.05) is 18.4 Å². The number of nitrogens with zero attached hydrogens (tertiary/aromatic N) is 4. The van der Waals surface area contributed by atoms with E-state index in [1.54, 1.807) is 18.5 Å². The van der Waals surface area contributed by atoms with Crippen LogP contribution in [0.3, 0.4) is 0 Å². The first-order valence-electron chi connectivity index (χ1n) is 6.21. The molecule has 3 rings (SSSR count). The molecule has 6 nitrogen and oxygen atoms in total. The molecule has 0 saturated carbocycles. The predicted octanol–water partition coefficient (Wildman–Crippen LogP) is 1.34. The summed E-state index contributed by atoms with van der Waals surface area (Å²) in [5.41, 5.74) is 0.923. The summed E-state index contributed by atoms with van der Waals surface area (Å²) < 4.78 is 2.01. The molecule has 1 saturated heterocycles. The maximum Gasteiger partial charge on any atom is 0.227 e. The fourth-order valence-corrected chi connectivity index (χ4v) is 2.15. The molecule has 6 heteroatoms. The summed E-state index contributed by atoms with van der Waals surface area (Å²) in [6.45, 7) is 2.10. The molecule has 1 unspecified atom stereocenters. The molecule has 2 aromatic rings. The van der Waals surface area contributed by atoms with Gasteiger partial charge in [0.15, 0.2) is 0 Å². The highest BCUT2D eigenvalue weighted by atomic mass is 15.3. The number of piperidine rings is 1. The van der Waals surface area contributed by atoms with Crippen LogP contribution in [-0.4, -0.2) is 32.8 Å². The first kappa shape index (κ1) is 11.2. The third kappa shape index (κ3) is 2.48. The minimum atomic E-state index is 0.450.